The third-order valence-corrected chi connectivity index (χ3v) is 4.78. The van der Waals surface area contributed by atoms with Crippen molar-refractivity contribution >= 4 is 34.7 Å². The molecule has 0 spiro atoms. The van der Waals surface area contributed by atoms with E-state index in [1.54, 1.807) is 35.3 Å². The lowest BCUT2D eigenvalue weighted by Crippen LogP contribution is -2.04. The van der Waals surface area contributed by atoms with Crippen molar-refractivity contribution in [3.8, 4) is 11.1 Å². The molecule has 0 radical (unpaired) electrons. The minimum absolute atomic E-state index is 0.00820. The zero-order valence-corrected chi connectivity index (χ0v) is 16.2. The summed E-state index contributed by atoms with van der Waals surface area (Å²) < 4.78 is 40.9. The number of aromatic nitrogens is 4. The van der Waals surface area contributed by atoms with Gasteiger partial charge in [0, 0.05) is 22.2 Å². The maximum absolute atomic E-state index is 13.1. The SMILES string of the molecule is OCCn1cc(/C=C/c2n[nH]c3cc(-c4cc(Cl)cc(C(F)(F)F)c4)ccc23)cn1. The molecule has 0 unspecified atom stereocenters. The first-order valence-electron chi connectivity index (χ1n) is 9.01. The molecule has 0 atom stereocenters. The van der Waals surface area contributed by atoms with Gasteiger partial charge in [-0.25, -0.2) is 0 Å². The highest BCUT2D eigenvalue weighted by Gasteiger charge is 2.31. The van der Waals surface area contributed by atoms with Crippen LogP contribution in [-0.2, 0) is 12.7 Å². The number of fused-ring (bicyclic) bond motifs is 1. The van der Waals surface area contributed by atoms with Gasteiger partial charge in [0.1, 0.15) is 0 Å². The quantitative estimate of drug-likeness (QED) is 0.452. The lowest BCUT2D eigenvalue weighted by Gasteiger charge is -2.10. The molecule has 0 fully saturated rings. The maximum atomic E-state index is 13.1. The van der Waals surface area contributed by atoms with Gasteiger partial charge >= 0.3 is 6.18 Å². The molecular weight excluding hydrogens is 417 g/mol. The first kappa shape index (κ1) is 20.2. The van der Waals surface area contributed by atoms with E-state index in [9.17, 15) is 13.2 Å². The van der Waals surface area contributed by atoms with Gasteiger partial charge in [-0.2, -0.15) is 23.4 Å². The normalized spacial score (nSPS) is 12.3. The van der Waals surface area contributed by atoms with Crippen molar-refractivity contribution in [3.63, 3.8) is 0 Å². The Labute approximate surface area is 174 Å². The Morgan fingerprint density at radius 1 is 1.10 bits per heavy atom. The number of nitrogens with zero attached hydrogens (tertiary/aromatic N) is 3. The van der Waals surface area contributed by atoms with Crippen LogP contribution in [0.1, 0.15) is 16.8 Å². The molecule has 2 N–H and O–H groups in total. The summed E-state index contributed by atoms with van der Waals surface area (Å²) >= 11 is 5.90. The lowest BCUT2D eigenvalue weighted by atomic mass is 10.0. The molecule has 4 rings (SSSR count). The molecule has 0 saturated heterocycles. The summed E-state index contributed by atoms with van der Waals surface area (Å²) in [6.07, 6.45) is 2.67. The first-order chi connectivity index (χ1) is 14.3. The molecule has 2 aromatic carbocycles. The zero-order chi connectivity index (χ0) is 21.3. The highest BCUT2D eigenvalue weighted by Crippen LogP contribution is 2.35. The monoisotopic (exact) mass is 432 g/mol. The molecule has 0 aliphatic rings. The Balaban J connectivity index is 1.64. The van der Waals surface area contributed by atoms with Crippen molar-refractivity contribution in [2.24, 2.45) is 0 Å². The van der Waals surface area contributed by atoms with Crippen LogP contribution in [0.15, 0.2) is 48.8 Å². The third-order valence-electron chi connectivity index (χ3n) is 4.57. The average Bonchev–Trinajstić information content (AvgIpc) is 3.31. The molecule has 0 aliphatic carbocycles. The van der Waals surface area contributed by atoms with Gasteiger partial charge in [-0.05, 0) is 53.6 Å². The number of benzene rings is 2. The van der Waals surface area contributed by atoms with Gasteiger partial charge < -0.3 is 5.11 Å². The second-order valence-corrected chi connectivity index (χ2v) is 7.13. The van der Waals surface area contributed by atoms with Crippen LogP contribution in [0.3, 0.4) is 0 Å². The van der Waals surface area contributed by atoms with Crippen molar-refractivity contribution in [3.05, 3.63) is 70.6 Å². The number of hydrogen-bond acceptors (Lipinski definition) is 3. The zero-order valence-electron chi connectivity index (χ0n) is 15.5. The summed E-state index contributed by atoms with van der Waals surface area (Å²) in [4.78, 5) is 0. The van der Waals surface area contributed by atoms with E-state index in [1.165, 1.54) is 6.07 Å². The molecule has 2 heterocycles. The molecule has 2 aromatic heterocycles. The standard InChI is InChI=1S/C21H16ClF3N4O/c22-17-8-15(7-16(10-17)21(23,24)25)14-2-3-18-19(27-28-20(18)9-14)4-1-13-11-26-29(12-13)5-6-30/h1-4,7-12,30H,5-6H2,(H,27,28)/b4-1+. The minimum atomic E-state index is -4.47. The van der Waals surface area contributed by atoms with E-state index < -0.39 is 11.7 Å². The Morgan fingerprint density at radius 3 is 2.70 bits per heavy atom. The Bertz CT molecular complexity index is 1230. The number of H-pyrrole nitrogens is 1. The molecule has 0 saturated carbocycles. The van der Waals surface area contributed by atoms with Crippen molar-refractivity contribution in [2.45, 2.75) is 12.7 Å². The van der Waals surface area contributed by atoms with Crippen LogP contribution in [0.2, 0.25) is 5.02 Å². The number of rotatable bonds is 5. The number of halogens is 4. The van der Waals surface area contributed by atoms with Crippen LogP contribution in [0.4, 0.5) is 13.2 Å². The number of aliphatic hydroxyl groups is 1. The summed E-state index contributed by atoms with van der Waals surface area (Å²) in [6, 6.07) is 8.76. The van der Waals surface area contributed by atoms with Crippen molar-refractivity contribution in [1.82, 2.24) is 20.0 Å². The predicted octanol–water partition coefficient (Wildman–Crippen LogP) is 5.26. The van der Waals surface area contributed by atoms with Crippen molar-refractivity contribution < 1.29 is 18.3 Å². The summed E-state index contributed by atoms with van der Waals surface area (Å²) in [7, 11) is 0. The van der Waals surface area contributed by atoms with E-state index >= 15 is 0 Å². The Hall–Kier alpha value is -3.10. The van der Waals surface area contributed by atoms with Gasteiger partial charge in [-0.15, -0.1) is 0 Å². The molecule has 0 amide bonds. The highest BCUT2D eigenvalue weighted by molar-refractivity contribution is 6.31. The second kappa shape index (κ2) is 7.97. The number of aliphatic hydroxyl groups excluding tert-OH is 1. The number of nitrogens with one attached hydrogen (secondary N) is 1. The molecule has 5 nitrogen and oxygen atoms in total. The molecule has 9 heteroatoms. The highest BCUT2D eigenvalue weighted by atomic mass is 35.5. The fraction of sp³-hybridized carbons (Fsp3) is 0.143. The van der Waals surface area contributed by atoms with Crippen molar-refractivity contribution in [1.29, 1.82) is 0 Å². The van der Waals surface area contributed by atoms with Crippen molar-refractivity contribution in [2.75, 3.05) is 6.61 Å². The molecular formula is C21H16ClF3N4O. The smallest absolute Gasteiger partial charge is 0.394 e. The largest absolute Gasteiger partial charge is 0.416 e. The first-order valence-corrected chi connectivity index (χ1v) is 9.39. The number of hydrogen-bond donors (Lipinski definition) is 2. The predicted molar refractivity (Wildman–Crippen MR) is 110 cm³/mol. The summed E-state index contributed by atoms with van der Waals surface area (Å²) in [6.45, 7) is 0.426. The van der Waals surface area contributed by atoms with Crippen LogP contribution in [-0.4, -0.2) is 31.7 Å². The lowest BCUT2D eigenvalue weighted by molar-refractivity contribution is -0.137. The van der Waals surface area contributed by atoms with Gasteiger partial charge in [0.25, 0.3) is 0 Å². The van der Waals surface area contributed by atoms with Gasteiger partial charge in [0.05, 0.1) is 36.1 Å². The van der Waals surface area contributed by atoms with Crippen LogP contribution in [0.25, 0.3) is 34.2 Å². The van der Waals surface area contributed by atoms with Gasteiger partial charge in [-0.3, -0.25) is 9.78 Å². The van der Waals surface area contributed by atoms with Crippen LogP contribution in [0.5, 0.6) is 0 Å². The minimum Gasteiger partial charge on any atom is -0.394 e. The van der Waals surface area contributed by atoms with E-state index in [2.05, 4.69) is 15.3 Å². The molecule has 4 aromatic rings. The van der Waals surface area contributed by atoms with E-state index in [0.29, 0.717) is 28.9 Å². The van der Waals surface area contributed by atoms with E-state index in [1.807, 2.05) is 12.2 Å². The Morgan fingerprint density at radius 2 is 1.93 bits per heavy atom. The number of aromatic amines is 1. The summed E-state index contributed by atoms with van der Waals surface area (Å²) in [5, 5.41) is 21.1. The van der Waals surface area contributed by atoms with Gasteiger partial charge in [0.2, 0.25) is 0 Å². The fourth-order valence-electron chi connectivity index (χ4n) is 3.13. The second-order valence-electron chi connectivity index (χ2n) is 6.69. The van der Waals surface area contributed by atoms with Gasteiger partial charge in [0.15, 0.2) is 0 Å². The van der Waals surface area contributed by atoms with E-state index in [0.717, 1.165) is 23.1 Å². The van der Waals surface area contributed by atoms with Crippen LogP contribution < -0.4 is 0 Å². The van der Waals surface area contributed by atoms with Crippen LogP contribution >= 0.6 is 11.6 Å². The topological polar surface area (TPSA) is 66.7 Å². The fourth-order valence-corrected chi connectivity index (χ4v) is 3.37. The summed E-state index contributed by atoms with van der Waals surface area (Å²) in [5.41, 5.74) is 2.42. The Kier molecular flexibility index (Phi) is 5.36. The van der Waals surface area contributed by atoms with E-state index in [-0.39, 0.29) is 11.6 Å². The van der Waals surface area contributed by atoms with E-state index in [4.69, 9.17) is 16.7 Å². The summed E-state index contributed by atoms with van der Waals surface area (Å²) in [5.74, 6) is 0. The van der Waals surface area contributed by atoms with Gasteiger partial charge in [-0.1, -0.05) is 17.7 Å². The molecule has 154 valence electrons. The van der Waals surface area contributed by atoms with Crippen LogP contribution in [0, 0.1) is 0 Å². The number of alkyl halides is 3. The molecule has 0 bridgehead atoms. The average molecular weight is 433 g/mol. The maximum Gasteiger partial charge on any atom is 0.416 e. The molecule has 0 aliphatic heterocycles. The molecule has 30 heavy (non-hydrogen) atoms. The third kappa shape index (κ3) is 4.24.